The highest BCUT2D eigenvalue weighted by Crippen LogP contribution is 2.65. The summed E-state index contributed by atoms with van der Waals surface area (Å²) < 4.78 is 56.5. The minimum Gasteiger partial charge on any atom is -0.438 e. The molecule has 130 valence electrons. The molecule has 4 nitrogen and oxygen atoms in total. The normalized spacial score (nSPS) is 26.7. The lowest BCUT2D eigenvalue weighted by Crippen LogP contribution is -2.24. The Hall–Kier alpha value is -0.610. The van der Waals surface area contributed by atoms with Crippen LogP contribution in [0.3, 0.4) is 0 Å². The second kappa shape index (κ2) is 6.72. The number of sulfone groups is 1. The molecule has 0 bridgehead atoms. The molecule has 3 rings (SSSR count). The van der Waals surface area contributed by atoms with E-state index in [0.717, 1.165) is 69.6 Å². The second-order valence-electron chi connectivity index (χ2n) is 6.86. The standard InChI is InChI=1S/C16H24FO4PS/c17-15-11-23(19,20)12-16(15)21-22(18,13-7-3-1-4-8-13)14-9-5-2-6-10-14/h11-14H,1-10H2. The Morgan fingerprint density at radius 2 is 1.39 bits per heavy atom. The average molecular weight is 362 g/mol. The molecule has 0 spiro atoms. The molecule has 3 aliphatic rings. The maximum atomic E-state index is 13.9. The molecule has 0 amide bonds. The molecule has 0 unspecified atom stereocenters. The summed E-state index contributed by atoms with van der Waals surface area (Å²) >= 11 is 0. The van der Waals surface area contributed by atoms with Gasteiger partial charge in [-0.1, -0.05) is 38.5 Å². The van der Waals surface area contributed by atoms with Crippen molar-refractivity contribution in [1.82, 2.24) is 0 Å². The topological polar surface area (TPSA) is 60.4 Å². The third-order valence-electron chi connectivity index (χ3n) is 5.18. The van der Waals surface area contributed by atoms with Crippen LogP contribution >= 0.6 is 7.37 Å². The highest BCUT2D eigenvalue weighted by molar-refractivity contribution is 7.97. The van der Waals surface area contributed by atoms with E-state index in [9.17, 15) is 17.4 Å². The van der Waals surface area contributed by atoms with Gasteiger partial charge in [-0.3, -0.25) is 4.57 Å². The van der Waals surface area contributed by atoms with Crippen molar-refractivity contribution in [3.05, 3.63) is 22.4 Å². The van der Waals surface area contributed by atoms with E-state index in [0.29, 0.717) is 5.41 Å². The summed E-state index contributed by atoms with van der Waals surface area (Å²) in [6, 6.07) is 0. The zero-order valence-corrected chi connectivity index (χ0v) is 15.0. The minimum absolute atomic E-state index is 0.0589. The smallest absolute Gasteiger partial charge is 0.254 e. The summed E-state index contributed by atoms with van der Waals surface area (Å²) in [5.74, 6) is -1.26. The molecule has 23 heavy (non-hydrogen) atoms. The Labute approximate surface area is 137 Å². The Morgan fingerprint density at radius 1 is 0.913 bits per heavy atom. The molecule has 0 atom stereocenters. The van der Waals surface area contributed by atoms with Gasteiger partial charge in [0.05, 0.1) is 10.8 Å². The summed E-state index contributed by atoms with van der Waals surface area (Å²) in [5.41, 5.74) is -0.118. The number of allylic oxidation sites excluding steroid dienone is 1. The Bertz CT molecular complexity index is 634. The predicted octanol–water partition coefficient (Wildman–Crippen LogP) is 5.03. The van der Waals surface area contributed by atoms with Gasteiger partial charge in [-0.15, -0.1) is 0 Å². The monoisotopic (exact) mass is 362 g/mol. The molecule has 0 N–H and O–H groups in total. The van der Waals surface area contributed by atoms with Gasteiger partial charge in [-0.2, -0.15) is 0 Å². The highest BCUT2D eigenvalue weighted by atomic mass is 32.2. The quantitative estimate of drug-likeness (QED) is 0.658. The Morgan fingerprint density at radius 3 is 1.78 bits per heavy atom. The van der Waals surface area contributed by atoms with E-state index in [-0.39, 0.29) is 17.1 Å². The van der Waals surface area contributed by atoms with Crippen LogP contribution in [-0.4, -0.2) is 19.7 Å². The predicted molar refractivity (Wildman–Crippen MR) is 88.6 cm³/mol. The molecule has 0 aromatic heterocycles. The third-order valence-corrected chi connectivity index (χ3v) is 9.81. The summed E-state index contributed by atoms with van der Waals surface area (Å²) in [6.45, 7) is 0. The van der Waals surface area contributed by atoms with Gasteiger partial charge in [-0.25, -0.2) is 12.8 Å². The van der Waals surface area contributed by atoms with E-state index >= 15 is 0 Å². The van der Waals surface area contributed by atoms with Gasteiger partial charge in [0.15, 0.2) is 21.4 Å². The van der Waals surface area contributed by atoms with Crippen molar-refractivity contribution >= 4 is 17.2 Å². The van der Waals surface area contributed by atoms with Crippen molar-refractivity contribution in [3.8, 4) is 0 Å². The first-order valence-electron chi connectivity index (χ1n) is 8.54. The third kappa shape index (κ3) is 3.74. The van der Waals surface area contributed by atoms with Gasteiger partial charge in [0.2, 0.25) is 0 Å². The van der Waals surface area contributed by atoms with Gasteiger partial charge in [0.1, 0.15) is 0 Å². The van der Waals surface area contributed by atoms with Gasteiger partial charge in [0, 0.05) is 11.3 Å². The minimum atomic E-state index is -3.72. The van der Waals surface area contributed by atoms with Crippen LogP contribution in [0.15, 0.2) is 22.4 Å². The van der Waals surface area contributed by atoms with Crippen LogP contribution in [-0.2, 0) is 18.9 Å². The molecule has 2 fully saturated rings. The van der Waals surface area contributed by atoms with E-state index in [1.807, 2.05) is 0 Å². The van der Waals surface area contributed by atoms with Crippen molar-refractivity contribution in [1.29, 1.82) is 0 Å². The summed E-state index contributed by atoms with van der Waals surface area (Å²) in [5, 5.41) is 1.33. The molecule has 0 aromatic carbocycles. The lowest BCUT2D eigenvalue weighted by molar-refractivity contribution is 0.339. The Kier molecular flexibility index (Phi) is 5.03. The molecule has 2 saturated carbocycles. The van der Waals surface area contributed by atoms with Crippen LogP contribution in [0.2, 0.25) is 0 Å². The molecule has 0 aromatic rings. The first kappa shape index (κ1) is 17.2. The fourth-order valence-corrected chi connectivity index (χ4v) is 8.50. The molecule has 2 aliphatic carbocycles. The Balaban J connectivity index is 1.89. The van der Waals surface area contributed by atoms with Gasteiger partial charge in [-0.05, 0) is 25.7 Å². The van der Waals surface area contributed by atoms with Crippen molar-refractivity contribution in [2.24, 2.45) is 0 Å². The van der Waals surface area contributed by atoms with Crippen LogP contribution in [0.25, 0.3) is 0 Å². The van der Waals surface area contributed by atoms with E-state index in [4.69, 9.17) is 4.52 Å². The fraction of sp³-hybridized carbons (Fsp3) is 0.750. The maximum Gasteiger partial charge on any atom is 0.254 e. The fourth-order valence-electron chi connectivity index (χ4n) is 3.99. The lowest BCUT2D eigenvalue weighted by atomic mass is 10.00. The molecule has 0 saturated heterocycles. The molecule has 1 heterocycles. The molecule has 0 radical (unpaired) electrons. The van der Waals surface area contributed by atoms with Crippen LogP contribution in [0.1, 0.15) is 64.2 Å². The number of hydrogen-bond donors (Lipinski definition) is 0. The highest BCUT2D eigenvalue weighted by Gasteiger charge is 2.45. The zero-order valence-electron chi connectivity index (χ0n) is 13.2. The van der Waals surface area contributed by atoms with Crippen molar-refractivity contribution in [2.45, 2.75) is 75.5 Å². The van der Waals surface area contributed by atoms with Gasteiger partial charge in [0.25, 0.3) is 7.37 Å². The van der Waals surface area contributed by atoms with Crippen LogP contribution < -0.4 is 0 Å². The number of hydrogen-bond acceptors (Lipinski definition) is 4. The van der Waals surface area contributed by atoms with E-state index in [1.165, 1.54) is 0 Å². The summed E-state index contributed by atoms with van der Waals surface area (Å²) in [6.07, 6.45) is 9.65. The van der Waals surface area contributed by atoms with Crippen LogP contribution in [0.5, 0.6) is 0 Å². The molecular weight excluding hydrogens is 338 g/mol. The molecule has 1 aliphatic heterocycles. The van der Waals surface area contributed by atoms with E-state index in [2.05, 4.69) is 0 Å². The van der Waals surface area contributed by atoms with Crippen LogP contribution in [0.4, 0.5) is 4.39 Å². The SMILES string of the molecule is O=P(OC1=CS(=O)(=O)C=C1F)(C1CCCCC1)C1CCCCC1. The first-order chi connectivity index (χ1) is 10.9. The average Bonchev–Trinajstić information content (AvgIpc) is 2.80. The summed E-state index contributed by atoms with van der Waals surface area (Å²) in [7, 11) is -6.85. The van der Waals surface area contributed by atoms with Gasteiger partial charge >= 0.3 is 0 Å². The van der Waals surface area contributed by atoms with Crippen molar-refractivity contribution in [2.75, 3.05) is 0 Å². The second-order valence-corrected chi connectivity index (χ2v) is 11.4. The number of rotatable bonds is 4. The first-order valence-corrected chi connectivity index (χ1v) is 11.9. The zero-order chi connectivity index (χ0) is 16.5. The van der Waals surface area contributed by atoms with E-state index < -0.39 is 23.0 Å². The lowest BCUT2D eigenvalue weighted by Gasteiger charge is -2.37. The van der Waals surface area contributed by atoms with E-state index in [1.54, 1.807) is 0 Å². The number of halogens is 1. The largest absolute Gasteiger partial charge is 0.438 e. The van der Waals surface area contributed by atoms with Gasteiger partial charge < -0.3 is 4.52 Å². The summed E-state index contributed by atoms with van der Waals surface area (Å²) in [4.78, 5) is 0. The van der Waals surface area contributed by atoms with Crippen molar-refractivity contribution < 1.29 is 21.9 Å². The van der Waals surface area contributed by atoms with Crippen molar-refractivity contribution in [3.63, 3.8) is 0 Å². The molecule has 7 heteroatoms. The van der Waals surface area contributed by atoms with Crippen LogP contribution in [0, 0.1) is 0 Å². The molecular formula is C16H24FO4PS. The maximum absolute atomic E-state index is 13.9.